The molecule has 0 aliphatic rings. The van der Waals surface area contributed by atoms with Gasteiger partial charge < -0.3 is 0 Å². The Labute approximate surface area is 196 Å². The largest absolute Gasteiger partial charge is 0.251 e. The second-order valence-electron chi connectivity index (χ2n) is 9.23. The molecule has 0 aliphatic heterocycles. The summed E-state index contributed by atoms with van der Waals surface area (Å²) in [5.41, 5.74) is 12.1. The van der Waals surface area contributed by atoms with E-state index in [4.69, 9.17) is 4.98 Å². The molecule has 4 aromatic carbocycles. The van der Waals surface area contributed by atoms with Gasteiger partial charge in [-0.2, -0.15) is 0 Å². The maximum Gasteiger partial charge on any atom is 0.0790 e. The number of rotatable bonds is 4. The Hall–Kier alpha value is -3.71. The van der Waals surface area contributed by atoms with Crippen LogP contribution in [0.25, 0.3) is 33.2 Å². The number of hydrogen-bond donors (Lipinski definition) is 0. The van der Waals surface area contributed by atoms with E-state index >= 15 is 0 Å². The van der Waals surface area contributed by atoms with Crippen molar-refractivity contribution in [2.45, 2.75) is 34.1 Å². The smallest absolute Gasteiger partial charge is 0.0790 e. The number of aryl methyl sites for hydroxylation is 4. The predicted molar refractivity (Wildman–Crippen MR) is 141 cm³/mol. The highest BCUT2D eigenvalue weighted by atomic mass is 14.7. The van der Waals surface area contributed by atoms with E-state index in [1.54, 1.807) is 0 Å². The molecular weight excluding hydrogens is 398 g/mol. The van der Waals surface area contributed by atoms with Gasteiger partial charge in [0, 0.05) is 22.9 Å². The molecule has 0 N–H and O–H groups in total. The quantitative estimate of drug-likeness (QED) is 0.281. The van der Waals surface area contributed by atoms with Crippen molar-refractivity contribution in [1.82, 2.24) is 4.98 Å². The van der Waals surface area contributed by atoms with Crippen LogP contribution in [0.3, 0.4) is 0 Å². The van der Waals surface area contributed by atoms with E-state index in [-0.39, 0.29) is 0 Å². The van der Waals surface area contributed by atoms with E-state index in [0.717, 1.165) is 23.4 Å². The van der Waals surface area contributed by atoms with Gasteiger partial charge >= 0.3 is 0 Å². The molecule has 1 aromatic heterocycles. The lowest BCUT2D eigenvalue weighted by Crippen LogP contribution is -2.00. The first kappa shape index (κ1) is 21.2. The lowest BCUT2D eigenvalue weighted by Gasteiger charge is -2.18. The zero-order chi connectivity index (χ0) is 22.9. The normalized spacial score (nSPS) is 11.2. The maximum atomic E-state index is 5.35. The molecule has 0 bridgehead atoms. The van der Waals surface area contributed by atoms with Crippen LogP contribution in [0.1, 0.15) is 33.5 Å². The molecule has 33 heavy (non-hydrogen) atoms. The van der Waals surface area contributed by atoms with Gasteiger partial charge in [-0.3, -0.25) is 4.98 Å². The second-order valence-corrected chi connectivity index (χ2v) is 9.23. The molecule has 1 heterocycles. The van der Waals surface area contributed by atoms with E-state index in [2.05, 4.69) is 119 Å². The Kier molecular flexibility index (Phi) is 5.56. The van der Waals surface area contributed by atoms with Crippen molar-refractivity contribution in [3.63, 3.8) is 0 Å². The molecule has 0 amide bonds. The van der Waals surface area contributed by atoms with E-state index < -0.39 is 0 Å². The molecule has 5 rings (SSSR count). The van der Waals surface area contributed by atoms with Crippen molar-refractivity contribution in [3.05, 3.63) is 125 Å². The third-order valence-electron chi connectivity index (χ3n) is 6.40. The summed E-state index contributed by atoms with van der Waals surface area (Å²) in [5.74, 6) is 0. The Morgan fingerprint density at radius 1 is 0.515 bits per heavy atom. The Bertz CT molecular complexity index is 1420. The molecule has 5 aromatic rings. The minimum absolute atomic E-state index is 0.812. The summed E-state index contributed by atoms with van der Waals surface area (Å²) in [6, 6.07) is 33.2. The van der Waals surface area contributed by atoms with Gasteiger partial charge in [-0.1, -0.05) is 113 Å². The van der Waals surface area contributed by atoms with Crippen LogP contribution in [0, 0.1) is 27.7 Å². The van der Waals surface area contributed by atoms with Crippen LogP contribution >= 0.6 is 0 Å². The van der Waals surface area contributed by atoms with Gasteiger partial charge in [-0.15, -0.1) is 0 Å². The molecular formula is C32H29N. The predicted octanol–water partition coefficient (Wildman–Crippen LogP) is 8.39. The average Bonchev–Trinajstić information content (AvgIpc) is 2.81. The molecule has 0 atom stereocenters. The van der Waals surface area contributed by atoms with Crippen molar-refractivity contribution >= 4 is 10.8 Å². The lowest BCUT2D eigenvalue weighted by atomic mass is 9.90. The van der Waals surface area contributed by atoms with E-state index in [9.17, 15) is 0 Å². The standard InChI is InChI=1S/C32H29N/c1-21-5-12-25(13-6-21)20-30-28-18-11-24(4)19-29(28)31(26-14-7-22(2)8-15-26)32(33-30)27-16-9-23(3)10-17-27/h5-19H,20H2,1-4H3. The second kappa shape index (κ2) is 8.67. The van der Waals surface area contributed by atoms with Crippen molar-refractivity contribution in [1.29, 1.82) is 0 Å². The first-order valence-corrected chi connectivity index (χ1v) is 11.6. The Morgan fingerprint density at radius 3 is 1.64 bits per heavy atom. The highest BCUT2D eigenvalue weighted by molar-refractivity contribution is 6.04. The highest BCUT2D eigenvalue weighted by Gasteiger charge is 2.17. The van der Waals surface area contributed by atoms with Gasteiger partial charge in [0.1, 0.15) is 0 Å². The van der Waals surface area contributed by atoms with Crippen LogP contribution in [0.15, 0.2) is 91.0 Å². The van der Waals surface area contributed by atoms with Gasteiger partial charge in [-0.25, -0.2) is 0 Å². The molecule has 0 spiro atoms. The number of hydrogen-bond acceptors (Lipinski definition) is 1. The monoisotopic (exact) mass is 427 g/mol. The molecule has 1 heteroatoms. The SMILES string of the molecule is Cc1ccc(Cc2nc(-c3ccc(C)cc3)c(-c3ccc(C)cc3)c3cc(C)ccc23)cc1. The Balaban J connectivity index is 1.81. The number of fused-ring (bicyclic) bond motifs is 1. The van der Waals surface area contributed by atoms with Gasteiger partial charge in [-0.05, 0) is 44.2 Å². The van der Waals surface area contributed by atoms with Gasteiger partial charge in [0.05, 0.1) is 11.4 Å². The molecule has 0 radical (unpaired) electrons. The lowest BCUT2D eigenvalue weighted by molar-refractivity contribution is 1.10. The number of nitrogens with zero attached hydrogens (tertiary/aromatic N) is 1. The minimum Gasteiger partial charge on any atom is -0.251 e. The number of benzene rings is 4. The van der Waals surface area contributed by atoms with E-state index in [0.29, 0.717) is 0 Å². The first-order chi connectivity index (χ1) is 16.0. The summed E-state index contributed by atoms with van der Waals surface area (Å²) in [6.45, 7) is 8.57. The summed E-state index contributed by atoms with van der Waals surface area (Å²) in [4.78, 5) is 5.35. The zero-order valence-corrected chi connectivity index (χ0v) is 19.8. The fraction of sp³-hybridized carbons (Fsp3) is 0.156. The molecule has 0 unspecified atom stereocenters. The average molecular weight is 428 g/mol. The van der Waals surface area contributed by atoms with Gasteiger partial charge in [0.2, 0.25) is 0 Å². The van der Waals surface area contributed by atoms with Crippen LogP contribution in [0.4, 0.5) is 0 Å². The van der Waals surface area contributed by atoms with Crippen LogP contribution < -0.4 is 0 Å². The summed E-state index contributed by atoms with van der Waals surface area (Å²) in [5, 5.41) is 2.50. The molecule has 0 saturated heterocycles. The zero-order valence-electron chi connectivity index (χ0n) is 19.8. The van der Waals surface area contributed by atoms with Crippen molar-refractivity contribution in [2.75, 3.05) is 0 Å². The van der Waals surface area contributed by atoms with E-state index in [1.165, 1.54) is 49.7 Å². The van der Waals surface area contributed by atoms with Crippen LogP contribution in [0.2, 0.25) is 0 Å². The highest BCUT2D eigenvalue weighted by Crippen LogP contribution is 2.39. The fourth-order valence-corrected chi connectivity index (χ4v) is 4.46. The minimum atomic E-state index is 0.812. The molecule has 0 fully saturated rings. The van der Waals surface area contributed by atoms with Crippen molar-refractivity contribution < 1.29 is 0 Å². The fourth-order valence-electron chi connectivity index (χ4n) is 4.46. The summed E-state index contributed by atoms with van der Waals surface area (Å²) in [7, 11) is 0. The van der Waals surface area contributed by atoms with Crippen LogP contribution in [-0.2, 0) is 6.42 Å². The summed E-state index contributed by atoms with van der Waals surface area (Å²) < 4.78 is 0. The third-order valence-corrected chi connectivity index (χ3v) is 6.40. The Morgan fingerprint density at radius 2 is 1.03 bits per heavy atom. The summed E-state index contributed by atoms with van der Waals surface area (Å²) >= 11 is 0. The first-order valence-electron chi connectivity index (χ1n) is 11.6. The van der Waals surface area contributed by atoms with Gasteiger partial charge in [0.25, 0.3) is 0 Å². The maximum absolute atomic E-state index is 5.35. The molecule has 1 nitrogen and oxygen atoms in total. The molecule has 0 aliphatic carbocycles. The molecule has 162 valence electrons. The van der Waals surface area contributed by atoms with Crippen LogP contribution in [-0.4, -0.2) is 4.98 Å². The number of aromatic nitrogens is 1. The summed E-state index contributed by atoms with van der Waals surface area (Å²) in [6.07, 6.45) is 0.812. The third kappa shape index (κ3) is 4.32. The van der Waals surface area contributed by atoms with Crippen LogP contribution in [0.5, 0.6) is 0 Å². The van der Waals surface area contributed by atoms with Crippen molar-refractivity contribution in [3.8, 4) is 22.4 Å². The van der Waals surface area contributed by atoms with Crippen molar-refractivity contribution in [2.24, 2.45) is 0 Å². The van der Waals surface area contributed by atoms with E-state index in [1.807, 2.05) is 0 Å². The molecule has 0 saturated carbocycles. The number of pyridine rings is 1. The van der Waals surface area contributed by atoms with Gasteiger partial charge in [0.15, 0.2) is 0 Å². The topological polar surface area (TPSA) is 12.9 Å².